The summed E-state index contributed by atoms with van der Waals surface area (Å²) < 4.78 is 17.8. The summed E-state index contributed by atoms with van der Waals surface area (Å²) in [5, 5.41) is 0. The smallest absolute Gasteiger partial charge is 0.399 e. The third kappa shape index (κ3) is 3.19. The standard InChI is InChI=1S/C18H28BN3O3/c1-17(2)18(3,4)25-19(24-17)14-5-6-16(20-11-14)22-8-7-21-9-10-23-13-15(21)12-22/h5-6,11,15H,7-10,12-13H2,1-4H3/t15-/m1/s1. The van der Waals surface area contributed by atoms with Crippen LogP contribution in [0.1, 0.15) is 27.7 Å². The van der Waals surface area contributed by atoms with E-state index in [-0.39, 0.29) is 18.3 Å². The number of anilines is 1. The molecule has 1 aromatic rings. The number of rotatable bonds is 2. The molecule has 0 N–H and O–H groups in total. The normalized spacial score (nSPS) is 28.9. The van der Waals surface area contributed by atoms with Crippen molar-refractivity contribution < 1.29 is 14.0 Å². The van der Waals surface area contributed by atoms with Crippen LogP contribution in [-0.2, 0) is 14.0 Å². The van der Waals surface area contributed by atoms with Gasteiger partial charge in [0, 0.05) is 37.8 Å². The van der Waals surface area contributed by atoms with Crippen molar-refractivity contribution in [2.24, 2.45) is 0 Å². The molecule has 0 unspecified atom stereocenters. The maximum absolute atomic E-state index is 6.11. The lowest BCUT2D eigenvalue weighted by Crippen LogP contribution is -2.58. The van der Waals surface area contributed by atoms with Gasteiger partial charge in [-0.3, -0.25) is 4.90 Å². The number of ether oxygens (including phenoxy) is 1. The van der Waals surface area contributed by atoms with Crippen LogP contribution < -0.4 is 10.4 Å². The van der Waals surface area contributed by atoms with E-state index in [0.29, 0.717) is 6.04 Å². The molecule has 3 aliphatic heterocycles. The van der Waals surface area contributed by atoms with Gasteiger partial charge in [-0.05, 0) is 33.8 Å². The zero-order valence-corrected chi connectivity index (χ0v) is 15.7. The summed E-state index contributed by atoms with van der Waals surface area (Å²) in [7, 11) is -0.352. The second-order valence-electron chi connectivity index (χ2n) is 8.25. The monoisotopic (exact) mass is 345 g/mol. The fraction of sp³-hybridized carbons (Fsp3) is 0.722. The average Bonchev–Trinajstić information content (AvgIpc) is 2.82. The summed E-state index contributed by atoms with van der Waals surface area (Å²) in [6.45, 7) is 14.1. The molecule has 3 aliphatic rings. The van der Waals surface area contributed by atoms with E-state index in [9.17, 15) is 0 Å². The SMILES string of the molecule is CC1(C)OB(c2ccc(N3CCN4CCOC[C@H]4C3)nc2)OC1(C)C. The summed E-state index contributed by atoms with van der Waals surface area (Å²) in [5.41, 5.74) is 0.323. The van der Waals surface area contributed by atoms with E-state index in [1.807, 2.05) is 6.20 Å². The highest BCUT2D eigenvalue weighted by molar-refractivity contribution is 6.62. The predicted molar refractivity (Wildman–Crippen MR) is 98.3 cm³/mol. The van der Waals surface area contributed by atoms with Gasteiger partial charge in [0.2, 0.25) is 0 Å². The van der Waals surface area contributed by atoms with Crippen molar-refractivity contribution in [2.75, 3.05) is 44.3 Å². The Morgan fingerprint density at radius 2 is 1.84 bits per heavy atom. The van der Waals surface area contributed by atoms with Gasteiger partial charge in [-0.2, -0.15) is 0 Å². The van der Waals surface area contributed by atoms with Crippen LogP contribution in [-0.4, -0.2) is 73.6 Å². The maximum Gasteiger partial charge on any atom is 0.496 e. The third-order valence-corrected chi connectivity index (χ3v) is 6.06. The summed E-state index contributed by atoms with van der Waals surface area (Å²) in [6, 6.07) is 4.64. The highest BCUT2D eigenvalue weighted by Crippen LogP contribution is 2.36. The van der Waals surface area contributed by atoms with Crippen molar-refractivity contribution in [1.82, 2.24) is 9.88 Å². The minimum Gasteiger partial charge on any atom is -0.399 e. The zero-order valence-electron chi connectivity index (χ0n) is 15.7. The van der Waals surface area contributed by atoms with Crippen molar-refractivity contribution >= 4 is 18.4 Å². The Kier molecular flexibility index (Phi) is 4.31. The van der Waals surface area contributed by atoms with Crippen LogP contribution in [0.15, 0.2) is 18.3 Å². The Labute approximate surface area is 150 Å². The van der Waals surface area contributed by atoms with Gasteiger partial charge in [-0.15, -0.1) is 0 Å². The molecule has 7 heteroatoms. The number of hydrogen-bond acceptors (Lipinski definition) is 6. The van der Waals surface area contributed by atoms with Crippen molar-refractivity contribution in [3.05, 3.63) is 18.3 Å². The van der Waals surface area contributed by atoms with Gasteiger partial charge < -0.3 is 18.9 Å². The van der Waals surface area contributed by atoms with Crippen LogP contribution in [0.5, 0.6) is 0 Å². The molecule has 0 saturated carbocycles. The number of aromatic nitrogens is 1. The highest BCUT2D eigenvalue weighted by Gasteiger charge is 2.51. The van der Waals surface area contributed by atoms with Crippen molar-refractivity contribution in [3.63, 3.8) is 0 Å². The lowest BCUT2D eigenvalue weighted by atomic mass is 9.80. The van der Waals surface area contributed by atoms with E-state index in [1.165, 1.54) is 0 Å². The van der Waals surface area contributed by atoms with E-state index in [1.54, 1.807) is 0 Å². The first-order chi connectivity index (χ1) is 11.9. The molecule has 0 bridgehead atoms. The largest absolute Gasteiger partial charge is 0.496 e. The molecule has 0 amide bonds. The van der Waals surface area contributed by atoms with Gasteiger partial charge in [0.05, 0.1) is 30.5 Å². The topological polar surface area (TPSA) is 47.1 Å². The second kappa shape index (κ2) is 6.23. The van der Waals surface area contributed by atoms with Gasteiger partial charge >= 0.3 is 7.12 Å². The quantitative estimate of drug-likeness (QED) is 0.743. The first-order valence-electron chi connectivity index (χ1n) is 9.24. The molecule has 0 aliphatic carbocycles. The molecule has 1 aromatic heterocycles. The molecule has 4 heterocycles. The Morgan fingerprint density at radius 3 is 2.52 bits per heavy atom. The molecule has 0 aromatic carbocycles. The van der Waals surface area contributed by atoms with Crippen LogP contribution in [0.2, 0.25) is 0 Å². The fourth-order valence-corrected chi connectivity index (χ4v) is 3.66. The van der Waals surface area contributed by atoms with Gasteiger partial charge in [-0.1, -0.05) is 6.07 Å². The number of hydrogen-bond donors (Lipinski definition) is 0. The average molecular weight is 345 g/mol. The zero-order chi connectivity index (χ0) is 17.7. The Balaban J connectivity index is 1.44. The number of fused-ring (bicyclic) bond motifs is 1. The van der Waals surface area contributed by atoms with Gasteiger partial charge in [0.25, 0.3) is 0 Å². The van der Waals surface area contributed by atoms with Gasteiger partial charge in [0.15, 0.2) is 0 Å². The summed E-state index contributed by atoms with van der Waals surface area (Å²) in [5.74, 6) is 1.02. The Bertz CT molecular complexity index is 606. The number of nitrogens with zero attached hydrogens (tertiary/aromatic N) is 3. The molecule has 0 spiro atoms. The molecule has 3 fully saturated rings. The molecule has 3 saturated heterocycles. The van der Waals surface area contributed by atoms with Crippen molar-refractivity contribution in [3.8, 4) is 0 Å². The molecule has 6 nitrogen and oxygen atoms in total. The second-order valence-corrected chi connectivity index (χ2v) is 8.25. The Morgan fingerprint density at radius 1 is 1.08 bits per heavy atom. The molecule has 1 atom stereocenters. The van der Waals surface area contributed by atoms with Crippen LogP contribution in [0.3, 0.4) is 0 Å². The fourth-order valence-electron chi connectivity index (χ4n) is 3.66. The summed E-state index contributed by atoms with van der Waals surface area (Å²) >= 11 is 0. The van der Waals surface area contributed by atoms with E-state index >= 15 is 0 Å². The maximum atomic E-state index is 6.11. The van der Waals surface area contributed by atoms with E-state index in [2.05, 4.69) is 54.6 Å². The van der Waals surface area contributed by atoms with Crippen molar-refractivity contribution in [1.29, 1.82) is 0 Å². The minimum atomic E-state index is -0.352. The predicted octanol–water partition coefficient (Wildman–Crippen LogP) is 0.902. The van der Waals surface area contributed by atoms with E-state index < -0.39 is 0 Å². The molecule has 25 heavy (non-hydrogen) atoms. The van der Waals surface area contributed by atoms with Crippen LogP contribution in [0.4, 0.5) is 5.82 Å². The number of piperazine rings is 1. The molecular weight excluding hydrogens is 317 g/mol. The molecule has 0 radical (unpaired) electrons. The molecule has 136 valence electrons. The summed E-state index contributed by atoms with van der Waals surface area (Å²) in [4.78, 5) is 9.56. The van der Waals surface area contributed by atoms with Gasteiger partial charge in [-0.25, -0.2) is 4.98 Å². The highest BCUT2D eigenvalue weighted by atomic mass is 16.7. The third-order valence-electron chi connectivity index (χ3n) is 6.06. The minimum absolute atomic E-state index is 0.326. The first-order valence-corrected chi connectivity index (χ1v) is 9.24. The van der Waals surface area contributed by atoms with Crippen LogP contribution in [0.25, 0.3) is 0 Å². The lowest BCUT2D eigenvalue weighted by Gasteiger charge is -2.44. The molecular formula is C18H28BN3O3. The van der Waals surface area contributed by atoms with Crippen LogP contribution in [0, 0.1) is 0 Å². The van der Waals surface area contributed by atoms with E-state index in [4.69, 9.17) is 14.0 Å². The van der Waals surface area contributed by atoms with Crippen molar-refractivity contribution in [2.45, 2.75) is 44.9 Å². The lowest BCUT2D eigenvalue weighted by molar-refractivity contribution is -0.0117. The summed E-state index contributed by atoms with van der Waals surface area (Å²) in [6.07, 6.45) is 1.89. The molecule has 4 rings (SSSR count). The van der Waals surface area contributed by atoms with E-state index in [0.717, 1.165) is 50.7 Å². The van der Waals surface area contributed by atoms with Crippen LogP contribution >= 0.6 is 0 Å². The first kappa shape index (κ1) is 17.3. The van der Waals surface area contributed by atoms with Gasteiger partial charge in [0.1, 0.15) is 5.82 Å². The Hall–Kier alpha value is -1.15. The number of pyridine rings is 1. The number of morpholine rings is 1.